The number of anilines is 1. The van der Waals surface area contributed by atoms with Crippen molar-refractivity contribution in [1.82, 2.24) is 5.32 Å². The lowest BCUT2D eigenvalue weighted by Crippen LogP contribution is -2.41. The van der Waals surface area contributed by atoms with E-state index >= 15 is 0 Å². The first-order chi connectivity index (χ1) is 10.3. The second-order valence-electron chi connectivity index (χ2n) is 4.81. The molecule has 3 atom stereocenters. The first kappa shape index (κ1) is 16.8. The van der Waals surface area contributed by atoms with Crippen LogP contribution < -0.4 is 10.6 Å². The third-order valence-electron chi connectivity index (χ3n) is 3.23. The van der Waals surface area contributed by atoms with Gasteiger partial charge in [0.1, 0.15) is 0 Å². The lowest BCUT2D eigenvalue weighted by atomic mass is 10.2. The van der Waals surface area contributed by atoms with Gasteiger partial charge in [-0.05, 0) is 37.6 Å². The maximum atomic E-state index is 12.3. The molecule has 1 aliphatic heterocycles. The van der Waals surface area contributed by atoms with Crippen molar-refractivity contribution in [2.75, 3.05) is 11.9 Å². The molecule has 1 fully saturated rings. The number of carbonyl (C=O) groups is 1. The first-order valence-corrected chi connectivity index (χ1v) is 7.70. The number of alkyl halides is 3. The third kappa shape index (κ3) is 4.20. The Hall–Kier alpha value is -1.61. The van der Waals surface area contributed by atoms with Gasteiger partial charge >= 0.3 is 11.5 Å². The van der Waals surface area contributed by atoms with Gasteiger partial charge in [0.05, 0.1) is 12.1 Å². The molecular weight excluding hydrogens is 321 g/mol. The Kier molecular flexibility index (Phi) is 5.07. The highest BCUT2D eigenvalue weighted by Gasteiger charge is 2.37. The minimum atomic E-state index is -4.80. The van der Waals surface area contributed by atoms with Crippen molar-refractivity contribution < 1.29 is 26.9 Å². The van der Waals surface area contributed by atoms with E-state index in [1.165, 1.54) is 12.1 Å². The van der Waals surface area contributed by atoms with E-state index in [4.69, 9.17) is 4.74 Å². The van der Waals surface area contributed by atoms with Crippen LogP contribution in [0.5, 0.6) is 0 Å². The second kappa shape index (κ2) is 6.66. The van der Waals surface area contributed by atoms with Gasteiger partial charge in [-0.2, -0.15) is 13.2 Å². The highest BCUT2D eigenvalue weighted by molar-refractivity contribution is 7.86. The number of carbonyl (C=O) groups excluding carboxylic acids is 1. The fourth-order valence-corrected chi connectivity index (χ4v) is 2.70. The zero-order valence-electron chi connectivity index (χ0n) is 11.6. The van der Waals surface area contributed by atoms with Gasteiger partial charge in [0, 0.05) is 17.2 Å². The van der Waals surface area contributed by atoms with E-state index in [0.29, 0.717) is 18.7 Å². The van der Waals surface area contributed by atoms with Crippen LogP contribution in [0.15, 0.2) is 29.2 Å². The van der Waals surface area contributed by atoms with Crippen LogP contribution in [-0.4, -0.2) is 34.5 Å². The van der Waals surface area contributed by atoms with Crippen molar-refractivity contribution in [1.29, 1.82) is 0 Å². The largest absolute Gasteiger partial charge is 0.475 e. The predicted octanol–water partition coefficient (Wildman–Crippen LogP) is 2.61. The van der Waals surface area contributed by atoms with Gasteiger partial charge in [-0.3, -0.25) is 0 Å². The molecule has 1 heterocycles. The normalized spacial score (nSPS) is 23.1. The molecule has 2 amide bonds. The molecule has 122 valence electrons. The molecule has 0 saturated carbocycles. The molecule has 0 radical (unpaired) electrons. The Morgan fingerprint density at radius 1 is 1.32 bits per heavy atom. The third-order valence-corrected chi connectivity index (χ3v) is 4.35. The van der Waals surface area contributed by atoms with Crippen LogP contribution in [0.1, 0.15) is 13.3 Å². The first-order valence-electron chi connectivity index (χ1n) is 6.55. The average molecular weight is 336 g/mol. The summed E-state index contributed by atoms with van der Waals surface area (Å²) >= 11 is 0. The fraction of sp³-hybridized carbons (Fsp3) is 0.462. The molecule has 0 aliphatic carbocycles. The summed E-state index contributed by atoms with van der Waals surface area (Å²) in [4.78, 5) is 11.4. The summed E-state index contributed by atoms with van der Waals surface area (Å²) in [5.41, 5.74) is -4.49. The van der Waals surface area contributed by atoms with E-state index < -0.39 is 22.3 Å². The van der Waals surface area contributed by atoms with E-state index in [0.717, 1.165) is 12.1 Å². The summed E-state index contributed by atoms with van der Waals surface area (Å²) in [5.74, 6) is 0. The number of nitrogens with one attached hydrogen (secondary N) is 2. The number of urea groups is 1. The summed E-state index contributed by atoms with van der Waals surface area (Å²) in [5, 5.41) is 5.23. The van der Waals surface area contributed by atoms with E-state index in [1.807, 2.05) is 6.92 Å². The topological polar surface area (TPSA) is 67.4 Å². The molecule has 1 aromatic rings. The maximum Gasteiger partial charge on any atom is 0.475 e. The molecule has 2 N–H and O–H groups in total. The minimum absolute atomic E-state index is 0.0812. The van der Waals surface area contributed by atoms with Crippen LogP contribution in [-0.2, 0) is 15.5 Å². The number of rotatable bonds is 3. The summed E-state index contributed by atoms with van der Waals surface area (Å²) in [6, 6.07) is 4.12. The van der Waals surface area contributed by atoms with Crippen LogP contribution in [0.2, 0.25) is 0 Å². The van der Waals surface area contributed by atoms with Crippen molar-refractivity contribution >= 4 is 22.5 Å². The Morgan fingerprint density at radius 3 is 2.45 bits per heavy atom. The Balaban J connectivity index is 1.93. The Bertz CT molecular complexity index is 563. The Morgan fingerprint density at radius 2 is 1.95 bits per heavy atom. The van der Waals surface area contributed by atoms with Crippen molar-refractivity contribution in [2.24, 2.45) is 0 Å². The maximum absolute atomic E-state index is 12.3. The van der Waals surface area contributed by atoms with Gasteiger partial charge in [-0.25, -0.2) is 9.00 Å². The molecule has 3 unspecified atom stereocenters. The van der Waals surface area contributed by atoms with E-state index in [2.05, 4.69) is 10.6 Å². The zero-order chi connectivity index (χ0) is 16.3. The molecule has 1 aromatic carbocycles. The quantitative estimate of drug-likeness (QED) is 0.892. The molecule has 22 heavy (non-hydrogen) atoms. The van der Waals surface area contributed by atoms with Crippen molar-refractivity contribution in [3.63, 3.8) is 0 Å². The smallest absolute Gasteiger partial charge is 0.376 e. The lowest BCUT2D eigenvalue weighted by molar-refractivity contribution is -0.0384. The average Bonchev–Trinajstić information content (AvgIpc) is 2.83. The highest BCUT2D eigenvalue weighted by atomic mass is 32.2. The molecule has 5 nitrogen and oxygen atoms in total. The van der Waals surface area contributed by atoms with E-state index in [-0.39, 0.29) is 17.0 Å². The van der Waals surface area contributed by atoms with Crippen LogP contribution in [0.4, 0.5) is 23.7 Å². The standard InChI is InChI=1S/C13H15F3N2O3S/c1-8-11(6-7-21-8)18-12(19)17-9-2-4-10(5-3-9)22(20)13(14,15)16/h2-5,8,11H,6-7H2,1H3,(H2,17,18,19). The van der Waals surface area contributed by atoms with E-state index in [1.54, 1.807) is 0 Å². The predicted molar refractivity (Wildman–Crippen MR) is 74.9 cm³/mol. The number of amides is 2. The number of ether oxygens (including phenoxy) is 1. The van der Waals surface area contributed by atoms with Crippen molar-refractivity contribution in [3.8, 4) is 0 Å². The molecule has 0 bridgehead atoms. The molecule has 0 aromatic heterocycles. The zero-order valence-corrected chi connectivity index (χ0v) is 12.5. The van der Waals surface area contributed by atoms with Gasteiger partial charge in [-0.1, -0.05) is 0 Å². The molecule has 1 saturated heterocycles. The lowest BCUT2D eigenvalue weighted by Gasteiger charge is -2.16. The SMILES string of the molecule is CC1OCCC1NC(=O)Nc1ccc(S(=O)C(F)(F)F)cc1. The number of benzene rings is 1. The van der Waals surface area contributed by atoms with Crippen molar-refractivity contribution in [2.45, 2.75) is 35.9 Å². The van der Waals surface area contributed by atoms with Gasteiger partial charge in [0.25, 0.3) is 0 Å². The summed E-state index contributed by atoms with van der Waals surface area (Å²) < 4.78 is 53.4. The second-order valence-corrected chi connectivity index (χ2v) is 6.28. The molecular formula is C13H15F3N2O3S. The van der Waals surface area contributed by atoms with Gasteiger partial charge in [0.15, 0.2) is 10.8 Å². The van der Waals surface area contributed by atoms with Gasteiger partial charge in [-0.15, -0.1) is 0 Å². The summed E-state index contributed by atoms with van der Waals surface area (Å²) in [7, 11) is -3.07. The molecule has 9 heteroatoms. The molecule has 0 spiro atoms. The highest BCUT2D eigenvalue weighted by Crippen LogP contribution is 2.26. The Labute approximate surface area is 127 Å². The monoisotopic (exact) mass is 336 g/mol. The molecule has 1 aliphatic rings. The van der Waals surface area contributed by atoms with Gasteiger partial charge < -0.3 is 15.4 Å². The van der Waals surface area contributed by atoms with Gasteiger partial charge in [0.2, 0.25) is 0 Å². The summed E-state index contributed by atoms with van der Waals surface area (Å²) in [6.45, 7) is 2.42. The number of hydrogen-bond acceptors (Lipinski definition) is 3. The van der Waals surface area contributed by atoms with Crippen LogP contribution in [0.3, 0.4) is 0 Å². The number of halogens is 3. The van der Waals surface area contributed by atoms with Crippen LogP contribution in [0, 0.1) is 0 Å². The van der Waals surface area contributed by atoms with E-state index in [9.17, 15) is 22.2 Å². The summed E-state index contributed by atoms with van der Waals surface area (Å²) in [6.07, 6.45) is 0.625. The molecule has 2 rings (SSSR count). The minimum Gasteiger partial charge on any atom is -0.376 e. The van der Waals surface area contributed by atoms with Crippen LogP contribution >= 0.6 is 0 Å². The van der Waals surface area contributed by atoms with Crippen LogP contribution in [0.25, 0.3) is 0 Å². The fourth-order valence-electron chi connectivity index (χ4n) is 2.05. The number of hydrogen-bond donors (Lipinski definition) is 2. The van der Waals surface area contributed by atoms with Crippen molar-refractivity contribution in [3.05, 3.63) is 24.3 Å².